The van der Waals surface area contributed by atoms with Crippen molar-refractivity contribution in [3.8, 4) is 55.6 Å². The fourth-order valence-electron chi connectivity index (χ4n) is 9.44. The van der Waals surface area contributed by atoms with Crippen LogP contribution < -0.4 is 4.90 Å². The van der Waals surface area contributed by atoms with Crippen LogP contribution in [0, 0.1) is 0 Å². The Morgan fingerprint density at radius 2 is 0.500 bits per heavy atom. The summed E-state index contributed by atoms with van der Waals surface area (Å²) in [5.74, 6) is 0. The lowest BCUT2D eigenvalue weighted by Crippen LogP contribution is -2.09. The highest BCUT2D eigenvalue weighted by Gasteiger charge is 2.19. The van der Waals surface area contributed by atoms with E-state index in [1.165, 1.54) is 93.7 Å². The minimum atomic E-state index is 1.10. The fraction of sp³-hybridized carbons (Fsp3) is 0. The van der Waals surface area contributed by atoms with Crippen LogP contribution in [0.2, 0.25) is 0 Å². The summed E-state index contributed by atoms with van der Waals surface area (Å²) in [7, 11) is 0. The highest BCUT2D eigenvalue weighted by molar-refractivity contribution is 6.24. The number of hydrogen-bond acceptors (Lipinski definition) is 1. The lowest BCUT2D eigenvalue weighted by molar-refractivity contribution is 1.28. The Bertz CT molecular complexity index is 3410. The van der Waals surface area contributed by atoms with Gasteiger partial charge in [-0.1, -0.05) is 182 Å². The van der Waals surface area contributed by atoms with Gasteiger partial charge in [0.25, 0.3) is 0 Å². The van der Waals surface area contributed by atoms with Crippen LogP contribution in [0.25, 0.3) is 93.7 Å². The molecule has 0 atom stereocenters. The number of anilines is 3. The van der Waals surface area contributed by atoms with Crippen LogP contribution in [0.5, 0.6) is 0 Å². The van der Waals surface area contributed by atoms with Gasteiger partial charge in [0.1, 0.15) is 0 Å². The molecule has 0 aliphatic heterocycles. The first-order valence-electron chi connectivity index (χ1n) is 21.3. The van der Waals surface area contributed by atoms with Gasteiger partial charge < -0.3 is 9.30 Å². The molecule has 0 spiro atoms. The predicted octanol–water partition coefficient (Wildman–Crippen LogP) is 16.6. The van der Waals surface area contributed by atoms with E-state index in [2.05, 4.69) is 252 Å². The molecule has 12 aromatic rings. The van der Waals surface area contributed by atoms with E-state index in [9.17, 15) is 0 Å². The molecule has 0 saturated heterocycles. The minimum Gasteiger partial charge on any atom is -0.311 e. The van der Waals surface area contributed by atoms with Crippen LogP contribution >= 0.6 is 0 Å². The van der Waals surface area contributed by atoms with E-state index < -0.39 is 0 Å². The summed E-state index contributed by atoms with van der Waals surface area (Å²) >= 11 is 0. The van der Waals surface area contributed by atoms with E-state index in [1.807, 2.05) is 0 Å². The van der Waals surface area contributed by atoms with E-state index in [1.54, 1.807) is 0 Å². The lowest BCUT2D eigenvalue weighted by atomic mass is 9.97. The summed E-state index contributed by atoms with van der Waals surface area (Å²) < 4.78 is 2.44. The third-order valence-corrected chi connectivity index (χ3v) is 12.6. The second kappa shape index (κ2) is 14.8. The van der Waals surface area contributed by atoms with Gasteiger partial charge in [0, 0.05) is 38.6 Å². The Morgan fingerprint density at radius 3 is 0.855 bits per heavy atom. The molecule has 2 heteroatoms. The van der Waals surface area contributed by atoms with Gasteiger partial charge in [0.15, 0.2) is 0 Å². The largest absolute Gasteiger partial charge is 0.311 e. The van der Waals surface area contributed by atoms with Crippen molar-refractivity contribution in [3.63, 3.8) is 0 Å². The quantitative estimate of drug-likeness (QED) is 0.149. The molecule has 0 fully saturated rings. The van der Waals surface area contributed by atoms with E-state index >= 15 is 0 Å². The topological polar surface area (TPSA) is 7.65 Å². The summed E-state index contributed by atoms with van der Waals surface area (Å²) in [5.41, 5.74) is 19.2. The minimum absolute atomic E-state index is 1.10. The molecule has 0 unspecified atom stereocenters. The van der Waals surface area contributed by atoms with Crippen LogP contribution in [0.4, 0.5) is 17.1 Å². The van der Waals surface area contributed by atoms with Gasteiger partial charge in [-0.15, -0.1) is 0 Å². The van der Waals surface area contributed by atoms with Crippen LogP contribution in [0.1, 0.15) is 0 Å². The smallest absolute Gasteiger partial charge is 0.0620 e. The monoisotopic (exact) mass is 788 g/mol. The molecule has 290 valence electrons. The molecule has 2 heterocycles. The Labute approximate surface area is 361 Å². The van der Waals surface area contributed by atoms with E-state index in [-0.39, 0.29) is 0 Å². The van der Waals surface area contributed by atoms with Crippen LogP contribution in [0.15, 0.2) is 243 Å². The van der Waals surface area contributed by atoms with Crippen molar-refractivity contribution in [1.29, 1.82) is 0 Å². The van der Waals surface area contributed by atoms with Crippen molar-refractivity contribution >= 4 is 55.2 Å². The molecular formula is C60H40N2. The molecule has 0 aliphatic carbocycles. The van der Waals surface area contributed by atoms with Gasteiger partial charge in [-0.25, -0.2) is 0 Å². The summed E-state index contributed by atoms with van der Waals surface area (Å²) in [6.45, 7) is 0. The maximum atomic E-state index is 2.44. The lowest BCUT2D eigenvalue weighted by Gasteiger charge is -2.26. The molecule has 0 aliphatic rings. The van der Waals surface area contributed by atoms with Gasteiger partial charge in [0.2, 0.25) is 0 Å². The predicted molar refractivity (Wildman–Crippen MR) is 263 cm³/mol. The van der Waals surface area contributed by atoms with E-state index in [4.69, 9.17) is 0 Å². The fourth-order valence-corrected chi connectivity index (χ4v) is 9.44. The summed E-state index contributed by atoms with van der Waals surface area (Å²) in [5, 5.41) is 5.19. The molecule has 0 radical (unpaired) electrons. The van der Waals surface area contributed by atoms with Crippen LogP contribution in [-0.2, 0) is 0 Å². The van der Waals surface area contributed by atoms with Gasteiger partial charge in [-0.3, -0.25) is 0 Å². The molecule has 0 saturated carbocycles. The number of nitrogens with zero attached hydrogens (tertiary/aromatic N) is 2. The summed E-state index contributed by atoms with van der Waals surface area (Å²) in [6.07, 6.45) is 0. The highest BCUT2D eigenvalue weighted by Crippen LogP contribution is 2.42. The second-order valence-corrected chi connectivity index (χ2v) is 16.2. The maximum absolute atomic E-state index is 2.44. The van der Waals surface area contributed by atoms with Crippen molar-refractivity contribution < 1.29 is 0 Å². The molecule has 0 bridgehead atoms. The standard InChI is InChI=1S/C60H40N2/c1-3-11-41(12-4-1)43-19-21-44(22-20-43)47-29-35-52(36-30-47)61(51-33-27-46(28-34-51)42-13-5-2-6-14-42)53-37-31-48(32-38-53)45-23-25-49(26-24-45)50-39-56-54-15-7-9-17-58(54)62-59-18-10-8-16-55(59)57(40-50)60(56)62/h1-40H. The first-order chi connectivity index (χ1) is 30.7. The Kier molecular flexibility index (Phi) is 8.53. The zero-order valence-electron chi connectivity index (χ0n) is 34.0. The normalized spacial score (nSPS) is 11.5. The zero-order valence-corrected chi connectivity index (χ0v) is 34.0. The molecule has 0 N–H and O–H groups in total. The SMILES string of the molecule is c1ccc(-c2ccc(-c3ccc(N(c4ccc(-c5ccccc5)cc4)c4ccc(-c5ccc(-c6cc7c8ccccc8n8c9ccccc9c(c6)c78)cc5)cc4)cc3)cc2)cc1. The van der Waals surface area contributed by atoms with Gasteiger partial charge >= 0.3 is 0 Å². The molecule has 10 aromatic carbocycles. The van der Waals surface area contributed by atoms with E-state index in [0.717, 1.165) is 17.1 Å². The van der Waals surface area contributed by atoms with Crippen molar-refractivity contribution in [2.45, 2.75) is 0 Å². The third-order valence-electron chi connectivity index (χ3n) is 12.6. The average Bonchev–Trinajstić information content (AvgIpc) is 3.87. The zero-order chi connectivity index (χ0) is 41.0. The number of hydrogen-bond donors (Lipinski definition) is 0. The van der Waals surface area contributed by atoms with Crippen molar-refractivity contribution in [2.75, 3.05) is 4.90 Å². The van der Waals surface area contributed by atoms with Gasteiger partial charge in [-0.2, -0.15) is 0 Å². The van der Waals surface area contributed by atoms with Gasteiger partial charge in [0.05, 0.1) is 16.6 Å². The Balaban J connectivity index is 0.867. The molecule has 2 aromatic heterocycles. The Hall–Kier alpha value is -8.20. The number of benzene rings is 10. The summed E-state index contributed by atoms with van der Waals surface area (Å²) in [4.78, 5) is 2.35. The molecule has 12 rings (SSSR count). The molecule has 62 heavy (non-hydrogen) atoms. The van der Waals surface area contributed by atoms with Crippen LogP contribution in [0.3, 0.4) is 0 Å². The second-order valence-electron chi connectivity index (χ2n) is 16.2. The van der Waals surface area contributed by atoms with Crippen molar-refractivity contribution in [2.24, 2.45) is 0 Å². The number of aromatic nitrogens is 1. The maximum Gasteiger partial charge on any atom is 0.0620 e. The first kappa shape index (κ1) is 35.7. The highest BCUT2D eigenvalue weighted by atomic mass is 15.1. The molecule has 0 amide bonds. The first-order valence-corrected chi connectivity index (χ1v) is 21.3. The van der Waals surface area contributed by atoms with Crippen molar-refractivity contribution in [1.82, 2.24) is 4.40 Å². The molecular weight excluding hydrogens is 749 g/mol. The van der Waals surface area contributed by atoms with Gasteiger partial charge in [-0.05, 0) is 116 Å². The average molecular weight is 789 g/mol. The van der Waals surface area contributed by atoms with Crippen molar-refractivity contribution in [3.05, 3.63) is 243 Å². The number of fused-ring (bicyclic) bond motifs is 6. The third kappa shape index (κ3) is 6.12. The summed E-state index contributed by atoms with van der Waals surface area (Å²) in [6, 6.07) is 88.2. The number of rotatable bonds is 8. The van der Waals surface area contributed by atoms with Crippen LogP contribution in [-0.4, -0.2) is 4.40 Å². The number of para-hydroxylation sites is 2. The molecule has 2 nitrogen and oxygen atoms in total. The Morgan fingerprint density at radius 1 is 0.226 bits per heavy atom. The van der Waals surface area contributed by atoms with E-state index in [0.29, 0.717) is 0 Å².